The number of amides is 2. The molecule has 0 saturated carbocycles. The number of nitrogens with one attached hydrogen (secondary N) is 2. The highest BCUT2D eigenvalue weighted by atomic mass is 32.2. The van der Waals surface area contributed by atoms with Gasteiger partial charge in [-0.25, -0.2) is 4.99 Å². The molecule has 0 spiro atoms. The van der Waals surface area contributed by atoms with Crippen LogP contribution in [0.5, 0.6) is 0 Å². The van der Waals surface area contributed by atoms with Gasteiger partial charge in [-0.1, -0.05) is 18.2 Å². The van der Waals surface area contributed by atoms with Crippen molar-refractivity contribution < 1.29 is 9.59 Å². The van der Waals surface area contributed by atoms with Crippen molar-refractivity contribution in [1.29, 1.82) is 0 Å². The molecule has 1 aromatic rings. The third-order valence-corrected chi connectivity index (χ3v) is 5.76. The average Bonchev–Trinajstić information content (AvgIpc) is 2.73. The quantitative estimate of drug-likeness (QED) is 0.254. The van der Waals surface area contributed by atoms with Crippen LogP contribution < -0.4 is 10.6 Å². The molecule has 2 amide bonds. The summed E-state index contributed by atoms with van der Waals surface area (Å²) in [6.07, 6.45) is 0. The van der Waals surface area contributed by atoms with Gasteiger partial charge < -0.3 is 20.4 Å². The Morgan fingerprint density at radius 2 is 1.81 bits per heavy atom. The Hall–Kier alpha value is -2.26. The molecule has 8 nitrogen and oxygen atoms in total. The van der Waals surface area contributed by atoms with E-state index in [4.69, 9.17) is 0 Å². The fourth-order valence-corrected chi connectivity index (χ4v) is 3.88. The summed E-state index contributed by atoms with van der Waals surface area (Å²) >= 11 is 1.79. The minimum absolute atomic E-state index is 0.0260. The van der Waals surface area contributed by atoms with Crippen LogP contribution in [-0.2, 0) is 9.59 Å². The molecule has 1 heterocycles. The van der Waals surface area contributed by atoms with Gasteiger partial charge in [0, 0.05) is 63.5 Å². The Bertz CT molecular complexity index is 718. The summed E-state index contributed by atoms with van der Waals surface area (Å²) in [5.74, 6) is 1.70. The molecule has 1 aromatic carbocycles. The van der Waals surface area contributed by atoms with Crippen LogP contribution in [0.1, 0.15) is 13.8 Å². The van der Waals surface area contributed by atoms with Gasteiger partial charge in [0.05, 0.1) is 6.54 Å². The van der Waals surface area contributed by atoms with Gasteiger partial charge in [-0.15, -0.1) is 11.8 Å². The molecule has 1 saturated heterocycles. The maximum Gasteiger partial charge on any atom is 0.243 e. The van der Waals surface area contributed by atoms with Crippen molar-refractivity contribution in [1.82, 2.24) is 25.3 Å². The van der Waals surface area contributed by atoms with E-state index in [0.717, 1.165) is 44.4 Å². The molecule has 0 atom stereocenters. The first-order chi connectivity index (χ1) is 14.8. The monoisotopic (exact) mass is 448 g/mol. The number of carbonyl (C=O) groups excluding carboxylic acids is 2. The number of thioether (sulfide) groups is 1. The van der Waals surface area contributed by atoms with Gasteiger partial charge >= 0.3 is 0 Å². The first kappa shape index (κ1) is 25.0. The summed E-state index contributed by atoms with van der Waals surface area (Å²) in [6, 6.07) is 10.4. The molecule has 1 aliphatic rings. The second-order valence-corrected chi connectivity index (χ2v) is 9.17. The lowest BCUT2D eigenvalue weighted by Gasteiger charge is -2.36. The lowest BCUT2D eigenvalue weighted by Crippen LogP contribution is -2.54. The van der Waals surface area contributed by atoms with Crippen LogP contribution in [-0.4, -0.2) is 104 Å². The van der Waals surface area contributed by atoms with Crippen LogP contribution in [0.3, 0.4) is 0 Å². The van der Waals surface area contributed by atoms with Crippen LogP contribution in [0.25, 0.3) is 0 Å². The fourth-order valence-electron chi connectivity index (χ4n) is 3.09. The number of benzene rings is 1. The van der Waals surface area contributed by atoms with Crippen molar-refractivity contribution in [3.63, 3.8) is 0 Å². The Morgan fingerprint density at radius 1 is 1.13 bits per heavy atom. The van der Waals surface area contributed by atoms with E-state index in [-0.39, 0.29) is 24.4 Å². The summed E-state index contributed by atoms with van der Waals surface area (Å²) in [4.78, 5) is 35.7. The number of likely N-dealkylation sites (N-methyl/N-ethyl adjacent to an activating group) is 1. The van der Waals surface area contributed by atoms with Gasteiger partial charge in [-0.2, -0.15) is 0 Å². The van der Waals surface area contributed by atoms with Crippen molar-refractivity contribution in [2.75, 3.05) is 65.7 Å². The van der Waals surface area contributed by atoms with E-state index in [1.807, 2.05) is 32.0 Å². The second-order valence-electron chi connectivity index (χ2n) is 8.00. The van der Waals surface area contributed by atoms with Crippen molar-refractivity contribution in [3.8, 4) is 0 Å². The minimum atomic E-state index is -0.0260. The first-order valence-electron chi connectivity index (χ1n) is 10.8. The third kappa shape index (κ3) is 9.61. The van der Waals surface area contributed by atoms with Gasteiger partial charge in [-0.05, 0) is 26.0 Å². The van der Waals surface area contributed by atoms with Crippen LogP contribution >= 0.6 is 11.8 Å². The topological polar surface area (TPSA) is 80.3 Å². The normalized spacial score (nSPS) is 15.1. The van der Waals surface area contributed by atoms with E-state index in [9.17, 15) is 9.59 Å². The molecule has 1 fully saturated rings. The van der Waals surface area contributed by atoms with Crippen molar-refractivity contribution in [2.45, 2.75) is 24.8 Å². The molecular weight excluding hydrogens is 412 g/mol. The van der Waals surface area contributed by atoms with E-state index in [1.165, 1.54) is 4.90 Å². The van der Waals surface area contributed by atoms with E-state index in [1.54, 1.807) is 30.8 Å². The number of rotatable bonds is 9. The molecule has 1 aliphatic heterocycles. The molecule has 172 valence electrons. The maximum absolute atomic E-state index is 12.0. The number of hydrogen-bond acceptors (Lipinski definition) is 5. The van der Waals surface area contributed by atoms with E-state index in [0.29, 0.717) is 6.54 Å². The van der Waals surface area contributed by atoms with Crippen LogP contribution in [0.15, 0.2) is 40.2 Å². The summed E-state index contributed by atoms with van der Waals surface area (Å²) < 4.78 is 0. The van der Waals surface area contributed by atoms with E-state index < -0.39 is 0 Å². The molecule has 9 heteroatoms. The zero-order valence-corrected chi connectivity index (χ0v) is 20.0. The number of aliphatic imine (C=N–C) groups is 1. The zero-order chi connectivity index (χ0) is 22.6. The Morgan fingerprint density at radius 3 is 2.42 bits per heavy atom. The van der Waals surface area contributed by atoms with Crippen LogP contribution in [0.4, 0.5) is 0 Å². The van der Waals surface area contributed by atoms with Gasteiger partial charge in [0.1, 0.15) is 6.54 Å². The Labute approximate surface area is 190 Å². The molecule has 31 heavy (non-hydrogen) atoms. The standard InChI is InChI=1S/C22H36N6O2S/c1-18(2)25-20(29)17-27-11-13-28(14-12-27)22(24-16-21(30)26(3)4)23-10-15-31-19-8-6-5-7-9-19/h5-9,18H,10-17H2,1-4H3,(H,23,24)(H,25,29). The maximum atomic E-state index is 12.0. The number of guanidine groups is 1. The summed E-state index contributed by atoms with van der Waals surface area (Å²) in [5, 5.41) is 6.36. The number of nitrogens with zero attached hydrogens (tertiary/aromatic N) is 4. The lowest BCUT2D eigenvalue weighted by molar-refractivity contribution is -0.127. The first-order valence-corrected chi connectivity index (χ1v) is 11.8. The highest BCUT2D eigenvalue weighted by Gasteiger charge is 2.21. The van der Waals surface area contributed by atoms with Crippen molar-refractivity contribution in [3.05, 3.63) is 30.3 Å². The third-order valence-electron chi connectivity index (χ3n) is 4.75. The van der Waals surface area contributed by atoms with Crippen LogP contribution in [0.2, 0.25) is 0 Å². The number of piperazine rings is 1. The van der Waals surface area contributed by atoms with Gasteiger partial charge in [0.2, 0.25) is 11.8 Å². The molecular formula is C22H36N6O2S. The zero-order valence-electron chi connectivity index (χ0n) is 19.1. The molecule has 0 unspecified atom stereocenters. The smallest absolute Gasteiger partial charge is 0.243 e. The van der Waals surface area contributed by atoms with Crippen LogP contribution in [0, 0.1) is 0 Å². The highest BCUT2D eigenvalue weighted by Crippen LogP contribution is 2.15. The SMILES string of the molecule is CC(C)NC(=O)CN1CCN(C(=NCC(=O)N(C)C)NCCSc2ccccc2)CC1. The average molecular weight is 449 g/mol. The molecule has 2 rings (SSSR count). The summed E-state index contributed by atoms with van der Waals surface area (Å²) in [6.45, 7) is 8.33. The van der Waals surface area contributed by atoms with Gasteiger partial charge in [0.25, 0.3) is 0 Å². The van der Waals surface area contributed by atoms with E-state index in [2.05, 4.69) is 37.6 Å². The Balaban J connectivity index is 1.87. The molecule has 0 radical (unpaired) electrons. The molecule has 0 aromatic heterocycles. The predicted molar refractivity (Wildman–Crippen MR) is 127 cm³/mol. The van der Waals surface area contributed by atoms with Crippen molar-refractivity contribution in [2.24, 2.45) is 4.99 Å². The van der Waals surface area contributed by atoms with Crippen molar-refractivity contribution >= 4 is 29.5 Å². The predicted octanol–water partition coefficient (Wildman–Crippen LogP) is 0.955. The largest absolute Gasteiger partial charge is 0.355 e. The summed E-state index contributed by atoms with van der Waals surface area (Å²) in [7, 11) is 3.48. The number of hydrogen-bond donors (Lipinski definition) is 2. The highest BCUT2D eigenvalue weighted by molar-refractivity contribution is 7.99. The van der Waals surface area contributed by atoms with Gasteiger partial charge in [0.15, 0.2) is 5.96 Å². The van der Waals surface area contributed by atoms with Gasteiger partial charge in [-0.3, -0.25) is 14.5 Å². The minimum Gasteiger partial charge on any atom is -0.355 e. The number of carbonyl (C=O) groups is 2. The summed E-state index contributed by atoms with van der Waals surface area (Å²) in [5.41, 5.74) is 0. The second kappa shape index (κ2) is 13.2. The molecule has 2 N–H and O–H groups in total. The lowest BCUT2D eigenvalue weighted by atomic mass is 10.3. The Kier molecular flexibility index (Phi) is 10.7. The van der Waals surface area contributed by atoms with E-state index >= 15 is 0 Å². The fraction of sp³-hybridized carbons (Fsp3) is 0.591. The molecule has 0 aliphatic carbocycles. The molecule has 0 bridgehead atoms.